The van der Waals surface area contributed by atoms with Gasteiger partial charge in [0.1, 0.15) is 0 Å². The predicted octanol–water partition coefficient (Wildman–Crippen LogP) is 3.60. The first-order valence-corrected chi connectivity index (χ1v) is 8.56. The van der Waals surface area contributed by atoms with Crippen LogP contribution in [0.4, 0.5) is 0 Å². The fourth-order valence-corrected chi connectivity index (χ4v) is 2.94. The minimum atomic E-state index is 0.492. The van der Waals surface area contributed by atoms with Gasteiger partial charge in [0.25, 0.3) is 0 Å². The van der Waals surface area contributed by atoms with Gasteiger partial charge in [-0.2, -0.15) is 0 Å². The standard InChI is InChI=1S/C18H22ClN3O/c1-22-7-5-14(6-8-22)13-23-17-11-20-18(21-12-17)16-4-2-3-15(9-16)10-19/h2-4,9,11-12,14H,5-8,10,13H2,1H3. The smallest absolute Gasteiger partial charge is 0.159 e. The molecule has 122 valence electrons. The number of halogens is 1. The molecule has 4 nitrogen and oxygen atoms in total. The number of rotatable bonds is 5. The lowest BCUT2D eigenvalue weighted by atomic mass is 9.98. The van der Waals surface area contributed by atoms with Crippen molar-refractivity contribution >= 4 is 11.6 Å². The van der Waals surface area contributed by atoms with Gasteiger partial charge in [0.15, 0.2) is 11.6 Å². The molecule has 0 aliphatic carbocycles. The lowest BCUT2D eigenvalue weighted by Gasteiger charge is -2.28. The van der Waals surface area contributed by atoms with E-state index in [1.807, 2.05) is 24.3 Å². The molecule has 0 spiro atoms. The molecule has 0 saturated carbocycles. The van der Waals surface area contributed by atoms with Crippen LogP contribution in [0.15, 0.2) is 36.7 Å². The highest BCUT2D eigenvalue weighted by molar-refractivity contribution is 6.17. The summed E-state index contributed by atoms with van der Waals surface area (Å²) in [4.78, 5) is 11.2. The second-order valence-corrected chi connectivity index (χ2v) is 6.40. The van der Waals surface area contributed by atoms with Gasteiger partial charge in [-0.15, -0.1) is 11.6 Å². The van der Waals surface area contributed by atoms with Gasteiger partial charge in [-0.3, -0.25) is 0 Å². The molecular weight excluding hydrogens is 310 g/mol. The highest BCUT2D eigenvalue weighted by atomic mass is 35.5. The Morgan fingerprint density at radius 1 is 1.22 bits per heavy atom. The number of hydrogen-bond donors (Lipinski definition) is 0. The molecular formula is C18H22ClN3O. The van der Waals surface area contributed by atoms with Crippen molar-refractivity contribution in [1.82, 2.24) is 14.9 Å². The summed E-state index contributed by atoms with van der Waals surface area (Å²) in [5.41, 5.74) is 2.04. The summed E-state index contributed by atoms with van der Waals surface area (Å²) in [5, 5.41) is 0. The van der Waals surface area contributed by atoms with E-state index in [4.69, 9.17) is 16.3 Å². The van der Waals surface area contributed by atoms with Crippen molar-refractivity contribution in [1.29, 1.82) is 0 Å². The molecule has 2 heterocycles. The maximum absolute atomic E-state index is 5.87. The predicted molar refractivity (Wildman–Crippen MR) is 92.7 cm³/mol. The van der Waals surface area contributed by atoms with Crippen LogP contribution in [0.3, 0.4) is 0 Å². The highest BCUT2D eigenvalue weighted by Gasteiger charge is 2.17. The third kappa shape index (κ3) is 4.43. The molecule has 0 atom stereocenters. The normalized spacial score (nSPS) is 16.4. The lowest BCUT2D eigenvalue weighted by Crippen LogP contribution is -2.32. The number of piperidine rings is 1. The van der Waals surface area contributed by atoms with Gasteiger partial charge in [0.05, 0.1) is 19.0 Å². The Morgan fingerprint density at radius 2 is 1.96 bits per heavy atom. The molecule has 23 heavy (non-hydrogen) atoms. The zero-order valence-corrected chi connectivity index (χ0v) is 14.2. The first kappa shape index (κ1) is 16.2. The average molecular weight is 332 g/mol. The van der Waals surface area contributed by atoms with E-state index >= 15 is 0 Å². The fourth-order valence-electron chi connectivity index (χ4n) is 2.78. The summed E-state index contributed by atoms with van der Waals surface area (Å²) in [6.45, 7) is 3.05. The first-order valence-electron chi connectivity index (χ1n) is 8.03. The Kier molecular flexibility index (Phi) is 5.47. The zero-order chi connectivity index (χ0) is 16.1. The van der Waals surface area contributed by atoms with Gasteiger partial charge in [-0.1, -0.05) is 18.2 Å². The van der Waals surface area contributed by atoms with Crippen molar-refractivity contribution in [3.63, 3.8) is 0 Å². The summed E-state index contributed by atoms with van der Waals surface area (Å²) >= 11 is 5.87. The van der Waals surface area contributed by atoms with Crippen LogP contribution in [0, 0.1) is 5.92 Å². The first-order chi connectivity index (χ1) is 11.2. The van der Waals surface area contributed by atoms with Gasteiger partial charge in [-0.05, 0) is 50.5 Å². The van der Waals surface area contributed by atoms with Crippen molar-refractivity contribution in [3.8, 4) is 17.1 Å². The SMILES string of the molecule is CN1CCC(COc2cnc(-c3cccc(CCl)c3)nc2)CC1. The van der Waals surface area contributed by atoms with Crippen molar-refractivity contribution in [2.75, 3.05) is 26.7 Å². The van der Waals surface area contributed by atoms with E-state index in [-0.39, 0.29) is 0 Å². The molecule has 1 fully saturated rings. The molecule has 1 aromatic heterocycles. The monoisotopic (exact) mass is 331 g/mol. The van der Waals surface area contributed by atoms with E-state index < -0.39 is 0 Å². The molecule has 0 bridgehead atoms. The van der Waals surface area contributed by atoms with E-state index in [0.717, 1.165) is 36.6 Å². The number of alkyl halides is 1. The van der Waals surface area contributed by atoms with Crippen molar-refractivity contribution < 1.29 is 4.74 Å². The summed E-state index contributed by atoms with van der Waals surface area (Å²) in [7, 11) is 2.17. The summed E-state index contributed by atoms with van der Waals surface area (Å²) in [6, 6.07) is 7.97. The van der Waals surface area contributed by atoms with E-state index in [1.165, 1.54) is 12.8 Å². The maximum Gasteiger partial charge on any atom is 0.159 e. The molecule has 5 heteroatoms. The van der Waals surface area contributed by atoms with Crippen molar-refractivity contribution in [2.24, 2.45) is 5.92 Å². The molecule has 0 radical (unpaired) electrons. The molecule has 1 saturated heterocycles. The van der Waals surface area contributed by atoms with E-state index in [2.05, 4.69) is 21.9 Å². The van der Waals surface area contributed by atoms with Gasteiger partial charge in [0.2, 0.25) is 0 Å². The second kappa shape index (κ2) is 7.75. The lowest BCUT2D eigenvalue weighted by molar-refractivity contribution is 0.159. The maximum atomic E-state index is 5.87. The highest BCUT2D eigenvalue weighted by Crippen LogP contribution is 2.20. The molecule has 0 unspecified atom stereocenters. The third-order valence-electron chi connectivity index (χ3n) is 4.29. The molecule has 2 aromatic rings. The van der Waals surface area contributed by atoms with Gasteiger partial charge in [-0.25, -0.2) is 9.97 Å². The van der Waals surface area contributed by atoms with Crippen LogP contribution in [-0.4, -0.2) is 41.6 Å². The summed E-state index contributed by atoms with van der Waals surface area (Å²) in [6.07, 6.45) is 5.90. The Bertz CT molecular complexity index is 624. The topological polar surface area (TPSA) is 38.2 Å². The molecule has 0 amide bonds. The minimum Gasteiger partial charge on any atom is -0.490 e. The van der Waals surface area contributed by atoms with Crippen LogP contribution in [0.25, 0.3) is 11.4 Å². The van der Waals surface area contributed by atoms with Crippen molar-refractivity contribution in [3.05, 3.63) is 42.2 Å². The van der Waals surface area contributed by atoms with Crippen LogP contribution in [0.1, 0.15) is 18.4 Å². The fraction of sp³-hybridized carbons (Fsp3) is 0.444. The molecule has 1 aliphatic heterocycles. The third-order valence-corrected chi connectivity index (χ3v) is 4.60. The Hall–Kier alpha value is -1.65. The second-order valence-electron chi connectivity index (χ2n) is 6.13. The van der Waals surface area contributed by atoms with Crippen LogP contribution in [0.2, 0.25) is 0 Å². The van der Waals surface area contributed by atoms with Crippen LogP contribution in [-0.2, 0) is 5.88 Å². The zero-order valence-electron chi connectivity index (χ0n) is 13.4. The quantitative estimate of drug-likeness (QED) is 0.785. The van der Waals surface area contributed by atoms with Gasteiger partial charge < -0.3 is 9.64 Å². The van der Waals surface area contributed by atoms with E-state index in [1.54, 1.807) is 12.4 Å². The van der Waals surface area contributed by atoms with Gasteiger partial charge >= 0.3 is 0 Å². The number of aromatic nitrogens is 2. The molecule has 1 aromatic carbocycles. The molecule has 0 N–H and O–H groups in total. The number of nitrogens with zero attached hydrogens (tertiary/aromatic N) is 3. The largest absolute Gasteiger partial charge is 0.490 e. The molecule has 3 rings (SSSR count). The Balaban J connectivity index is 1.58. The number of benzene rings is 1. The van der Waals surface area contributed by atoms with Gasteiger partial charge in [0, 0.05) is 11.4 Å². The molecule has 1 aliphatic rings. The Labute approximate surface area is 142 Å². The van der Waals surface area contributed by atoms with E-state index in [0.29, 0.717) is 17.6 Å². The summed E-state index contributed by atoms with van der Waals surface area (Å²) < 4.78 is 5.85. The number of ether oxygens (including phenoxy) is 1. The van der Waals surface area contributed by atoms with Crippen LogP contribution < -0.4 is 4.74 Å². The Morgan fingerprint density at radius 3 is 2.65 bits per heavy atom. The van der Waals surface area contributed by atoms with E-state index in [9.17, 15) is 0 Å². The van der Waals surface area contributed by atoms with Crippen molar-refractivity contribution in [2.45, 2.75) is 18.7 Å². The summed E-state index contributed by atoms with van der Waals surface area (Å²) in [5.74, 6) is 2.56. The number of hydrogen-bond acceptors (Lipinski definition) is 4. The van der Waals surface area contributed by atoms with Crippen LogP contribution >= 0.6 is 11.6 Å². The van der Waals surface area contributed by atoms with Crippen LogP contribution in [0.5, 0.6) is 5.75 Å². The minimum absolute atomic E-state index is 0.492. The number of likely N-dealkylation sites (tertiary alicyclic amines) is 1. The average Bonchev–Trinajstić information content (AvgIpc) is 2.62.